The summed E-state index contributed by atoms with van der Waals surface area (Å²) in [6, 6.07) is 13.1. The summed E-state index contributed by atoms with van der Waals surface area (Å²) in [7, 11) is 0. The van der Waals surface area contributed by atoms with Crippen LogP contribution in [0.4, 0.5) is 5.69 Å². The van der Waals surface area contributed by atoms with Gasteiger partial charge in [0.1, 0.15) is 5.75 Å². The zero-order chi connectivity index (χ0) is 18.2. The number of rotatable bonds is 8. The van der Waals surface area contributed by atoms with Gasteiger partial charge in [-0.15, -0.1) is 0 Å². The maximum absolute atomic E-state index is 12.1. The molecular formula is C19H20N2O4. The number of hydrogen-bond donors (Lipinski definition) is 2. The normalized spacial score (nSPS) is 10.1. The van der Waals surface area contributed by atoms with E-state index in [0.717, 1.165) is 0 Å². The lowest BCUT2D eigenvalue weighted by Crippen LogP contribution is -2.14. The van der Waals surface area contributed by atoms with Crippen LogP contribution in [0.5, 0.6) is 5.75 Å². The lowest BCUT2D eigenvalue weighted by atomic mass is 10.1. The molecule has 3 N–H and O–H groups in total. The fourth-order valence-corrected chi connectivity index (χ4v) is 2.22. The highest BCUT2D eigenvalue weighted by Crippen LogP contribution is 2.15. The van der Waals surface area contributed by atoms with Crippen molar-refractivity contribution in [2.24, 2.45) is 5.73 Å². The van der Waals surface area contributed by atoms with Crippen LogP contribution in [0.15, 0.2) is 48.5 Å². The number of Topliss-reactive ketones (excluding diaryl/α,β-unsaturated/α-hetero) is 1. The number of amides is 2. The molecule has 0 fully saturated rings. The number of nitrogens with two attached hydrogens (primary N) is 1. The van der Waals surface area contributed by atoms with E-state index in [0.29, 0.717) is 29.2 Å². The Hall–Kier alpha value is -3.15. The number of anilines is 1. The number of benzene rings is 2. The number of ether oxygens (including phenoxy) is 1. The summed E-state index contributed by atoms with van der Waals surface area (Å²) in [5.74, 6) is -0.205. The molecule has 2 aromatic rings. The highest BCUT2D eigenvalue weighted by molar-refractivity contribution is 6.00. The summed E-state index contributed by atoms with van der Waals surface area (Å²) in [6.45, 7) is 2.45. The van der Waals surface area contributed by atoms with Crippen LogP contribution in [0, 0.1) is 0 Å². The lowest BCUT2D eigenvalue weighted by molar-refractivity contribution is -0.116. The largest absolute Gasteiger partial charge is 0.494 e. The van der Waals surface area contributed by atoms with E-state index in [1.54, 1.807) is 36.4 Å². The predicted octanol–water partition coefficient (Wildman–Crippen LogP) is 2.79. The van der Waals surface area contributed by atoms with Gasteiger partial charge in [0.2, 0.25) is 11.8 Å². The van der Waals surface area contributed by atoms with Gasteiger partial charge in [0, 0.05) is 29.7 Å². The van der Waals surface area contributed by atoms with E-state index >= 15 is 0 Å². The van der Waals surface area contributed by atoms with Crippen molar-refractivity contribution in [3.63, 3.8) is 0 Å². The van der Waals surface area contributed by atoms with Gasteiger partial charge < -0.3 is 15.8 Å². The third kappa shape index (κ3) is 5.46. The van der Waals surface area contributed by atoms with E-state index in [4.69, 9.17) is 10.5 Å². The van der Waals surface area contributed by atoms with Crippen LogP contribution in [0.2, 0.25) is 0 Å². The van der Waals surface area contributed by atoms with Crippen molar-refractivity contribution in [2.45, 2.75) is 19.8 Å². The van der Waals surface area contributed by atoms with Gasteiger partial charge in [-0.1, -0.05) is 0 Å². The van der Waals surface area contributed by atoms with Crippen molar-refractivity contribution >= 4 is 23.3 Å². The Morgan fingerprint density at radius 1 is 0.920 bits per heavy atom. The van der Waals surface area contributed by atoms with Gasteiger partial charge in [-0.25, -0.2) is 0 Å². The summed E-state index contributed by atoms with van der Waals surface area (Å²) in [5, 5.41) is 2.68. The van der Waals surface area contributed by atoms with Gasteiger partial charge in [-0.2, -0.15) is 0 Å². The number of hydrogen-bond acceptors (Lipinski definition) is 4. The fourth-order valence-electron chi connectivity index (χ4n) is 2.22. The first-order valence-electron chi connectivity index (χ1n) is 7.95. The molecule has 6 heteroatoms. The molecule has 2 amide bonds. The van der Waals surface area contributed by atoms with E-state index in [1.165, 1.54) is 12.1 Å². The zero-order valence-corrected chi connectivity index (χ0v) is 14.0. The molecule has 25 heavy (non-hydrogen) atoms. The maximum atomic E-state index is 12.1. The molecule has 0 saturated carbocycles. The summed E-state index contributed by atoms with van der Waals surface area (Å²) in [6.07, 6.45) is 0.183. The van der Waals surface area contributed by atoms with E-state index < -0.39 is 5.91 Å². The molecule has 0 atom stereocenters. The Bertz CT molecular complexity index is 752. The second-order valence-electron chi connectivity index (χ2n) is 5.37. The van der Waals surface area contributed by atoms with Crippen LogP contribution in [-0.4, -0.2) is 24.2 Å². The van der Waals surface area contributed by atoms with Gasteiger partial charge >= 0.3 is 0 Å². The highest BCUT2D eigenvalue weighted by atomic mass is 16.5. The molecule has 130 valence electrons. The van der Waals surface area contributed by atoms with Crippen LogP contribution in [-0.2, 0) is 4.79 Å². The third-order valence-corrected chi connectivity index (χ3v) is 3.52. The maximum Gasteiger partial charge on any atom is 0.248 e. The Morgan fingerprint density at radius 2 is 1.52 bits per heavy atom. The summed E-state index contributed by atoms with van der Waals surface area (Å²) >= 11 is 0. The van der Waals surface area contributed by atoms with E-state index in [9.17, 15) is 14.4 Å². The Balaban J connectivity index is 1.84. The van der Waals surface area contributed by atoms with Crippen LogP contribution in [0.3, 0.4) is 0 Å². The molecule has 6 nitrogen and oxygen atoms in total. The molecule has 0 bridgehead atoms. The molecule has 0 heterocycles. The first-order chi connectivity index (χ1) is 12.0. The average molecular weight is 340 g/mol. The highest BCUT2D eigenvalue weighted by Gasteiger charge is 2.10. The minimum absolute atomic E-state index is 0.0730. The minimum Gasteiger partial charge on any atom is -0.494 e. The Morgan fingerprint density at radius 3 is 2.08 bits per heavy atom. The van der Waals surface area contributed by atoms with Gasteiger partial charge in [-0.05, 0) is 55.5 Å². The molecule has 0 spiro atoms. The lowest BCUT2D eigenvalue weighted by Gasteiger charge is -2.06. The molecule has 0 saturated heterocycles. The van der Waals surface area contributed by atoms with Crippen molar-refractivity contribution in [2.75, 3.05) is 11.9 Å². The van der Waals surface area contributed by atoms with Crippen LogP contribution >= 0.6 is 0 Å². The van der Waals surface area contributed by atoms with Crippen LogP contribution < -0.4 is 15.8 Å². The first-order valence-corrected chi connectivity index (χ1v) is 7.95. The van der Waals surface area contributed by atoms with Crippen molar-refractivity contribution in [3.8, 4) is 5.75 Å². The number of carbonyl (C=O) groups is 3. The van der Waals surface area contributed by atoms with Gasteiger partial charge in [-0.3, -0.25) is 14.4 Å². The van der Waals surface area contributed by atoms with Crippen LogP contribution in [0.1, 0.15) is 40.5 Å². The van der Waals surface area contributed by atoms with Crippen molar-refractivity contribution in [1.29, 1.82) is 0 Å². The Labute approximate surface area is 146 Å². The smallest absolute Gasteiger partial charge is 0.248 e. The molecular weight excluding hydrogens is 320 g/mol. The van der Waals surface area contributed by atoms with E-state index in [1.807, 2.05) is 6.92 Å². The summed E-state index contributed by atoms with van der Waals surface area (Å²) < 4.78 is 5.32. The molecule has 0 aliphatic heterocycles. The second kappa shape index (κ2) is 8.63. The number of nitrogens with one attached hydrogen (secondary N) is 1. The molecule has 2 rings (SSSR count). The molecule has 0 radical (unpaired) electrons. The van der Waals surface area contributed by atoms with Gasteiger partial charge in [0.15, 0.2) is 5.78 Å². The zero-order valence-electron chi connectivity index (χ0n) is 14.0. The van der Waals surface area contributed by atoms with Crippen molar-refractivity contribution < 1.29 is 19.1 Å². The third-order valence-electron chi connectivity index (χ3n) is 3.52. The monoisotopic (exact) mass is 340 g/mol. The number of ketones is 1. The fraction of sp³-hybridized carbons (Fsp3) is 0.211. The number of carbonyl (C=O) groups excluding carboxylic acids is 3. The van der Waals surface area contributed by atoms with Gasteiger partial charge in [0.05, 0.1) is 6.61 Å². The van der Waals surface area contributed by atoms with E-state index in [2.05, 4.69) is 5.32 Å². The average Bonchev–Trinajstić information content (AvgIpc) is 2.61. The summed E-state index contributed by atoms with van der Waals surface area (Å²) in [4.78, 5) is 35.0. The molecule has 2 aromatic carbocycles. The topological polar surface area (TPSA) is 98.5 Å². The van der Waals surface area contributed by atoms with Crippen molar-refractivity contribution in [1.82, 2.24) is 0 Å². The minimum atomic E-state index is -0.529. The van der Waals surface area contributed by atoms with Crippen LogP contribution in [0.25, 0.3) is 0 Å². The molecule has 0 unspecified atom stereocenters. The van der Waals surface area contributed by atoms with Crippen molar-refractivity contribution in [3.05, 3.63) is 59.7 Å². The molecule has 0 aliphatic carbocycles. The number of primary amides is 1. The predicted molar refractivity (Wildman–Crippen MR) is 94.8 cm³/mol. The first kappa shape index (κ1) is 18.2. The summed E-state index contributed by atoms with van der Waals surface area (Å²) in [5.41, 5.74) is 6.61. The standard InChI is InChI=1S/C19H20N2O4/c1-2-25-16-9-5-13(6-10-16)17(22)11-12-18(23)21-15-7-3-14(4-8-15)19(20)24/h3-10H,2,11-12H2,1H3,(H2,20,24)(H,21,23). The Kier molecular flexibility index (Phi) is 6.28. The molecule has 0 aromatic heterocycles. The van der Waals surface area contributed by atoms with Gasteiger partial charge in [0.25, 0.3) is 0 Å². The SMILES string of the molecule is CCOc1ccc(C(=O)CCC(=O)Nc2ccc(C(N)=O)cc2)cc1. The quantitative estimate of drug-likeness (QED) is 0.722. The molecule has 0 aliphatic rings. The second-order valence-corrected chi connectivity index (χ2v) is 5.37. The van der Waals surface area contributed by atoms with E-state index in [-0.39, 0.29) is 24.5 Å².